The summed E-state index contributed by atoms with van der Waals surface area (Å²) in [7, 11) is -3.83. The van der Waals surface area contributed by atoms with Gasteiger partial charge in [-0.3, -0.25) is 13.9 Å². The number of nitrogens with zero attached hydrogens (tertiary/aromatic N) is 2. The molecular formula is C31H38ClN3O4S. The van der Waals surface area contributed by atoms with Crippen molar-refractivity contribution in [3.05, 3.63) is 101 Å². The average molecular weight is 584 g/mol. The van der Waals surface area contributed by atoms with Gasteiger partial charge in [0.05, 0.1) is 11.9 Å². The maximum atomic E-state index is 14.1. The standard InChI is InChI=1S/C31H38ClN3O4S/c1-5-19-33-31(37)29(20-24-11-7-6-8-12-24)34(21-25-15-17-26(32)18-16-25)30(36)22-35(40(4,38)39)28-14-10-9-13-27(28)23(2)3/h6-18,23,29H,5,19-22H2,1-4H3,(H,33,37). The Morgan fingerprint density at radius 1 is 0.900 bits per heavy atom. The van der Waals surface area contributed by atoms with Gasteiger partial charge in [0, 0.05) is 24.5 Å². The number of nitrogens with one attached hydrogen (secondary N) is 1. The van der Waals surface area contributed by atoms with Crippen molar-refractivity contribution in [2.75, 3.05) is 23.7 Å². The van der Waals surface area contributed by atoms with Gasteiger partial charge in [-0.15, -0.1) is 0 Å². The SMILES string of the molecule is CCCNC(=O)C(Cc1ccccc1)N(Cc1ccc(Cl)cc1)C(=O)CN(c1ccccc1C(C)C)S(C)(=O)=O. The van der Waals surface area contributed by atoms with Gasteiger partial charge in [-0.2, -0.15) is 0 Å². The highest BCUT2D eigenvalue weighted by molar-refractivity contribution is 7.92. The largest absolute Gasteiger partial charge is 0.354 e. The van der Waals surface area contributed by atoms with E-state index in [0.29, 0.717) is 17.3 Å². The minimum atomic E-state index is -3.83. The minimum Gasteiger partial charge on any atom is -0.354 e. The predicted octanol–water partition coefficient (Wildman–Crippen LogP) is 5.40. The van der Waals surface area contributed by atoms with Crippen LogP contribution in [0.3, 0.4) is 0 Å². The summed E-state index contributed by atoms with van der Waals surface area (Å²) in [4.78, 5) is 29.2. The Labute approximate surface area is 243 Å². The van der Waals surface area contributed by atoms with Gasteiger partial charge in [0.2, 0.25) is 21.8 Å². The van der Waals surface area contributed by atoms with Crippen LogP contribution in [-0.2, 0) is 32.6 Å². The van der Waals surface area contributed by atoms with Crippen LogP contribution in [0.25, 0.3) is 0 Å². The Hall–Kier alpha value is -3.36. The van der Waals surface area contributed by atoms with Crippen LogP contribution in [-0.4, -0.2) is 50.5 Å². The summed E-state index contributed by atoms with van der Waals surface area (Å²) in [5.41, 5.74) is 2.92. The van der Waals surface area contributed by atoms with Crippen LogP contribution < -0.4 is 9.62 Å². The first-order chi connectivity index (χ1) is 19.0. The molecule has 214 valence electrons. The highest BCUT2D eigenvalue weighted by Gasteiger charge is 2.33. The Morgan fingerprint density at radius 2 is 1.52 bits per heavy atom. The molecule has 0 saturated carbocycles. The number of rotatable bonds is 13. The van der Waals surface area contributed by atoms with Crippen LogP contribution in [0, 0.1) is 0 Å². The molecule has 2 amide bonds. The van der Waals surface area contributed by atoms with Crippen molar-refractivity contribution in [2.45, 2.75) is 52.1 Å². The molecule has 0 bridgehead atoms. The fraction of sp³-hybridized carbons (Fsp3) is 0.355. The maximum absolute atomic E-state index is 14.1. The molecule has 3 rings (SSSR count). The maximum Gasteiger partial charge on any atom is 0.244 e. The number of benzene rings is 3. The van der Waals surface area contributed by atoms with Crippen molar-refractivity contribution >= 4 is 39.1 Å². The van der Waals surface area contributed by atoms with Crippen molar-refractivity contribution in [2.24, 2.45) is 0 Å². The number of para-hydroxylation sites is 1. The van der Waals surface area contributed by atoms with Gasteiger partial charge < -0.3 is 10.2 Å². The number of anilines is 1. The molecule has 1 unspecified atom stereocenters. The van der Waals surface area contributed by atoms with Crippen molar-refractivity contribution in [3.8, 4) is 0 Å². The van der Waals surface area contributed by atoms with Gasteiger partial charge in [0.25, 0.3) is 0 Å². The summed E-state index contributed by atoms with van der Waals surface area (Å²) in [6.07, 6.45) is 2.11. The number of carbonyl (C=O) groups excluding carboxylic acids is 2. The van der Waals surface area contributed by atoms with Crippen LogP contribution >= 0.6 is 11.6 Å². The third-order valence-corrected chi connectivity index (χ3v) is 7.97. The lowest BCUT2D eigenvalue weighted by Crippen LogP contribution is -2.53. The van der Waals surface area contributed by atoms with Gasteiger partial charge in [-0.05, 0) is 47.2 Å². The van der Waals surface area contributed by atoms with Crippen LogP contribution in [0.5, 0.6) is 0 Å². The molecule has 1 N–H and O–H groups in total. The second-order valence-corrected chi connectivity index (χ2v) is 12.5. The molecule has 0 aliphatic rings. The zero-order valence-electron chi connectivity index (χ0n) is 23.5. The van der Waals surface area contributed by atoms with Crippen molar-refractivity contribution in [3.63, 3.8) is 0 Å². The molecule has 0 aromatic heterocycles. The first kappa shape index (κ1) is 31.2. The second-order valence-electron chi connectivity index (χ2n) is 10.1. The summed E-state index contributed by atoms with van der Waals surface area (Å²) in [5.74, 6) is -0.737. The third kappa shape index (κ3) is 8.57. The topological polar surface area (TPSA) is 86.8 Å². The van der Waals surface area contributed by atoms with Gasteiger partial charge in [0.15, 0.2) is 0 Å². The summed E-state index contributed by atoms with van der Waals surface area (Å²) in [6, 6.07) is 22.9. The molecule has 40 heavy (non-hydrogen) atoms. The normalized spacial score (nSPS) is 12.2. The van der Waals surface area contributed by atoms with E-state index in [1.54, 1.807) is 36.4 Å². The highest BCUT2D eigenvalue weighted by atomic mass is 35.5. The minimum absolute atomic E-state index is 0.0337. The van der Waals surface area contributed by atoms with Crippen LogP contribution in [0.1, 0.15) is 49.8 Å². The highest BCUT2D eigenvalue weighted by Crippen LogP contribution is 2.29. The molecule has 9 heteroatoms. The summed E-state index contributed by atoms with van der Waals surface area (Å²) in [6.45, 7) is 6.03. The molecular weight excluding hydrogens is 546 g/mol. The van der Waals surface area contributed by atoms with Gasteiger partial charge in [0.1, 0.15) is 12.6 Å². The lowest BCUT2D eigenvalue weighted by molar-refractivity contribution is -0.140. The lowest BCUT2D eigenvalue weighted by atomic mass is 10.0. The first-order valence-corrected chi connectivity index (χ1v) is 15.7. The van der Waals surface area contributed by atoms with Crippen molar-refractivity contribution < 1.29 is 18.0 Å². The molecule has 0 spiro atoms. The number of amides is 2. The fourth-order valence-corrected chi connectivity index (χ4v) is 5.50. The van der Waals surface area contributed by atoms with Gasteiger partial charge >= 0.3 is 0 Å². The quantitative estimate of drug-likeness (QED) is 0.292. The number of sulfonamides is 1. The smallest absolute Gasteiger partial charge is 0.244 e. The molecule has 0 aliphatic heterocycles. The fourth-order valence-electron chi connectivity index (χ4n) is 4.50. The van der Waals surface area contributed by atoms with E-state index in [-0.39, 0.29) is 24.8 Å². The predicted molar refractivity (Wildman–Crippen MR) is 162 cm³/mol. The zero-order valence-corrected chi connectivity index (χ0v) is 25.1. The molecule has 7 nitrogen and oxygen atoms in total. The Kier molecular flexibility index (Phi) is 11.2. The van der Waals surface area contributed by atoms with E-state index in [1.807, 2.05) is 63.2 Å². The van der Waals surface area contributed by atoms with E-state index in [4.69, 9.17) is 11.6 Å². The van der Waals surface area contributed by atoms with E-state index >= 15 is 0 Å². The Balaban J connectivity index is 2.07. The monoisotopic (exact) mass is 583 g/mol. The summed E-state index contributed by atoms with van der Waals surface area (Å²) in [5, 5.41) is 3.49. The average Bonchev–Trinajstić information content (AvgIpc) is 2.93. The van der Waals surface area contributed by atoms with Crippen LogP contribution in [0.15, 0.2) is 78.9 Å². The second kappa shape index (κ2) is 14.3. The number of halogens is 1. The van der Waals surface area contributed by atoms with Gasteiger partial charge in [-0.1, -0.05) is 93.0 Å². The van der Waals surface area contributed by atoms with E-state index in [0.717, 1.165) is 33.7 Å². The van der Waals surface area contributed by atoms with E-state index < -0.39 is 28.5 Å². The Bertz CT molecular complexity index is 1380. The third-order valence-electron chi connectivity index (χ3n) is 6.59. The molecule has 0 fully saturated rings. The van der Waals surface area contributed by atoms with E-state index in [9.17, 15) is 18.0 Å². The molecule has 3 aromatic rings. The molecule has 0 saturated heterocycles. The Morgan fingerprint density at radius 3 is 2.12 bits per heavy atom. The molecule has 3 aromatic carbocycles. The number of carbonyl (C=O) groups is 2. The summed E-state index contributed by atoms with van der Waals surface area (Å²) < 4.78 is 27.3. The van der Waals surface area contributed by atoms with E-state index in [2.05, 4.69) is 5.32 Å². The lowest BCUT2D eigenvalue weighted by Gasteiger charge is -2.34. The van der Waals surface area contributed by atoms with Crippen LogP contribution in [0.2, 0.25) is 5.02 Å². The molecule has 0 aliphatic carbocycles. The number of hydrogen-bond donors (Lipinski definition) is 1. The van der Waals surface area contributed by atoms with Crippen molar-refractivity contribution in [1.29, 1.82) is 0 Å². The molecule has 0 radical (unpaired) electrons. The first-order valence-electron chi connectivity index (χ1n) is 13.4. The molecule has 1 atom stereocenters. The summed E-state index contributed by atoms with van der Waals surface area (Å²) >= 11 is 6.10. The molecule has 0 heterocycles. The van der Waals surface area contributed by atoms with Crippen LogP contribution in [0.4, 0.5) is 5.69 Å². The van der Waals surface area contributed by atoms with E-state index in [1.165, 1.54) is 4.90 Å². The number of hydrogen-bond acceptors (Lipinski definition) is 4. The zero-order chi connectivity index (χ0) is 29.3. The van der Waals surface area contributed by atoms with Crippen molar-refractivity contribution in [1.82, 2.24) is 10.2 Å². The van der Waals surface area contributed by atoms with Gasteiger partial charge in [-0.25, -0.2) is 8.42 Å².